The summed E-state index contributed by atoms with van der Waals surface area (Å²) in [5.74, 6) is 1.08. The molecule has 2 fully saturated rings. The van der Waals surface area contributed by atoms with Gasteiger partial charge in [0.15, 0.2) is 0 Å². The molecule has 2 amide bonds. The van der Waals surface area contributed by atoms with Gasteiger partial charge in [-0.1, -0.05) is 25.3 Å². The molecule has 1 aromatic carbocycles. The van der Waals surface area contributed by atoms with Gasteiger partial charge in [-0.05, 0) is 43.5 Å². The van der Waals surface area contributed by atoms with E-state index in [1.54, 1.807) is 24.5 Å². The maximum Gasteiger partial charge on any atom is 0.255 e. The third-order valence-corrected chi connectivity index (χ3v) is 6.36. The zero-order valence-corrected chi connectivity index (χ0v) is 18.2. The number of hydrogen-bond donors (Lipinski definition) is 1. The Hall–Kier alpha value is -2.89. The normalized spacial score (nSPS) is 17.9. The number of nitrogens with zero attached hydrogens (tertiary/aromatic N) is 2. The number of benzene rings is 1. The first-order valence-electron chi connectivity index (χ1n) is 11.4. The van der Waals surface area contributed by atoms with Gasteiger partial charge in [0.1, 0.15) is 11.9 Å². The predicted molar refractivity (Wildman–Crippen MR) is 120 cm³/mol. The van der Waals surface area contributed by atoms with Crippen LogP contribution in [0.2, 0.25) is 0 Å². The lowest BCUT2D eigenvalue weighted by atomic mass is 9.88. The highest BCUT2D eigenvalue weighted by molar-refractivity contribution is 5.94. The Morgan fingerprint density at radius 3 is 2.55 bits per heavy atom. The molecule has 4 rings (SSSR count). The minimum Gasteiger partial charge on any atom is -0.490 e. The Bertz CT molecular complexity index is 901. The number of piperidine rings is 1. The van der Waals surface area contributed by atoms with E-state index in [1.807, 2.05) is 30.0 Å². The van der Waals surface area contributed by atoms with Crippen LogP contribution in [0.1, 0.15) is 60.9 Å². The van der Waals surface area contributed by atoms with Crippen molar-refractivity contribution < 1.29 is 14.3 Å². The van der Waals surface area contributed by atoms with Crippen molar-refractivity contribution in [3.05, 3.63) is 53.9 Å². The zero-order valence-electron chi connectivity index (χ0n) is 18.2. The lowest BCUT2D eigenvalue weighted by Gasteiger charge is -2.32. The van der Waals surface area contributed by atoms with Gasteiger partial charge in [-0.25, -0.2) is 0 Å². The van der Waals surface area contributed by atoms with E-state index in [-0.39, 0.29) is 23.8 Å². The summed E-state index contributed by atoms with van der Waals surface area (Å²) in [5.41, 5.74) is 2.46. The summed E-state index contributed by atoms with van der Waals surface area (Å²) in [4.78, 5) is 31.1. The summed E-state index contributed by atoms with van der Waals surface area (Å²) < 4.78 is 6.29. The first kappa shape index (κ1) is 21.3. The van der Waals surface area contributed by atoms with E-state index in [0.717, 1.165) is 55.5 Å². The second-order valence-corrected chi connectivity index (χ2v) is 8.66. The average molecular weight is 422 g/mol. The van der Waals surface area contributed by atoms with E-state index < -0.39 is 0 Å². The number of aryl methyl sites for hydroxylation is 1. The maximum atomic E-state index is 12.6. The number of rotatable bonds is 5. The van der Waals surface area contributed by atoms with E-state index in [4.69, 9.17) is 4.74 Å². The fourth-order valence-electron chi connectivity index (χ4n) is 4.44. The Kier molecular flexibility index (Phi) is 6.85. The SMILES string of the molecule is Cc1ccc(NC(=O)C2CCCCC2)cc1OC1CCN(C(=O)c2cccnc2)CC1. The van der Waals surface area contributed by atoms with Crippen LogP contribution >= 0.6 is 0 Å². The third-order valence-electron chi connectivity index (χ3n) is 6.36. The lowest BCUT2D eigenvalue weighted by molar-refractivity contribution is -0.120. The molecule has 31 heavy (non-hydrogen) atoms. The molecule has 1 N–H and O–H groups in total. The van der Waals surface area contributed by atoms with Crippen LogP contribution in [-0.2, 0) is 4.79 Å². The molecule has 0 radical (unpaired) electrons. The maximum absolute atomic E-state index is 12.6. The van der Waals surface area contributed by atoms with Crippen molar-refractivity contribution in [2.24, 2.45) is 5.92 Å². The van der Waals surface area contributed by atoms with Gasteiger partial charge >= 0.3 is 0 Å². The number of hydrogen-bond acceptors (Lipinski definition) is 4. The first-order valence-corrected chi connectivity index (χ1v) is 11.4. The molecule has 1 aromatic heterocycles. The quantitative estimate of drug-likeness (QED) is 0.766. The number of carbonyl (C=O) groups is 2. The summed E-state index contributed by atoms with van der Waals surface area (Å²) in [5, 5.41) is 3.08. The van der Waals surface area contributed by atoms with E-state index in [9.17, 15) is 9.59 Å². The van der Waals surface area contributed by atoms with Crippen LogP contribution < -0.4 is 10.1 Å². The van der Waals surface area contributed by atoms with E-state index in [2.05, 4.69) is 10.3 Å². The van der Waals surface area contributed by atoms with Gasteiger partial charge in [-0.2, -0.15) is 0 Å². The second-order valence-electron chi connectivity index (χ2n) is 8.66. The van der Waals surface area contributed by atoms with Gasteiger partial charge in [0.2, 0.25) is 5.91 Å². The summed E-state index contributed by atoms with van der Waals surface area (Å²) in [6.45, 7) is 3.34. The molecule has 1 aliphatic heterocycles. The van der Waals surface area contributed by atoms with Gasteiger partial charge in [0.05, 0.1) is 5.56 Å². The standard InChI is InChI=1S/C25H31N3O3/c1-18-9-10-21(27-24(29)19-6-3-2-4-7-19)16-23(18)31-22-11-14-28(15-12-22)25(30)20-8-5-13-26-17-20/h5,8-10,13,16-17,19,22H,2-4,6-7,11-12,14-15H2,1H3,(H,27,29). The number of anilines is 1. The summed E-state index contributed by atoms with van der Waals surface area (Å²) in [6.07, 6.45) is 10.4. The number of carbonyl (C=O) groups excluding carboxylic acids is 2. The number of nitrogens with one attached hydrogen (secondary N) is 1. The molecule has 0 spiro atoms. The van der Waals surface area contributed by atoms with E-state index in [0.29, 0.717) is 18.7 Å². The van der Waals surface area contributed by atoms with Crippen LogP contribution in [0.3, 0.4) is 0 Å². The minimum absolute atomic E-state index is 0.0233. The van der Waals surface area contributed by atoms with Gasteiger partial charge < -0.3 is 15.0 Å². The highest BCUT2D eigenvalue weighted by atomic mass is 16.5. The smallest absolute Gasteiger partial charge is 0.255 e. The van der Waals surface area contributed by atoms with Gasteiger partial charge in [-0.3, -0.25) is 14.6 Å². The Labute approximate surface area is 184 Å². The van der Waals surface area contributed by atoms with Crippen LogP contribution in [0.25, 0.3) is 0 Å². The highest BCUT2D eigenvalue weighted by Crippen LogP contribution is 2.29. The van der Waals surface area contributed by atoms with Crippen molar-refractivity contribution in [3.8, 4) is 5.75 Å². The molecule has 6 nitrogen and oxygen atoms in total. The fourth-order valence-corrected chi connectivity index (χ4v) is 4.44. The zero-order chi connectivity index (χ0) is 21.6. The van der Waals surface area contributed by atoms with Crippen molar-refractivity contribution in [1.82, 2.24) is 9.88 Å². The number of ether oxygens (including phenoxy) is 1. The molecule has 0 unspecified atom stereocenters. The molecular formula is C25H31N3O3. The van der Waals surface area contributed by atoms with E-state index in [1.165, 1.54) is 6.42 Å². The fraction of sp³-hybridized carbons (Fsp3) is 0.480. The highest BCUT2D eigenvalue weighted by Gasteiger charge is 2.25. The van der Waals surface area contributed by atoms with Crippen LogP contribution in [0.5, 0.6) is 5.75 Å². The summed E-state index contributed by atoms with van der Waals surface area (Å²) in [7, 11) is 0. The van der Waals surface area contributed by atoms with Gasteiger partial charge in [0, 0.05) is 56.0 Å². The molecule has 1 saturated carbocycles. The lowest BCUT2D eigenvalue weighted by Crippen LogP contribution is -2.41. The number of likely N-dealkylation sites (tertiary alicyclic amines) is 1. The predicted octanol–water partition coefficient (Wildman–Crippen LogP) is 4.59. The van der Waals surface area contributed by atoms with Gasteiger partial charge in [0.25, 0.3) is 5.91 Å². The van der Waals surface area contributed by atoms with Crippen molar-refractivity contribution in [2.45, 2.75) is 58.0 Å². The van der Waals surface area contributed by atoms with Crippen LogP contribution in [0, 0.1) is 12.8 Å². The Balaban J connectivity index is 1.32. The molecule has 1 aliphatic carbocycles. The first-order chi connectivity index (χ1) is 15.1. The van der Waals surface area contributed by atoms with Crippen LogP contribution in [0.15, 0.2) is 42.7 Å². The monoisotopic (exact) mass is 421 g/mol. The molecule has 0 bridgehead atoms. The summed E-state index contributed by atoms with van der Waals surface area (Å²) in [6, 6.07) is 9.45. The molecule has 164 valence electrons. The Morgan fingerprint density at radius 2 is 1.84 bits per heavy atom. The molecule has 2 aliphatic rings. The second kappa shape index (κ2) is 9.94. The molecule has 2 aromatic rings. The molecular weight excluding hydrogens is 390 g/mol. The Morgan fingerprint density at radius 1 is 1.06 bits per heavy atom. The van der Waals surface area contributed by atoms with Crippen LogP contribution in [-0.4, -0.2) is 40.9 Å². The van der Waals surface area contributed by atoms with Crippen molar-refractivity contribution in [2.75, 3.05) is 18.4 Å². The largest absolute Gasteiger partial charge is 0.490 e. The topological polar surface area (TPSA) is 71.5 Å². The number of amides is 2. The number of aromatic nitrogens is 1. The van der Waals surface area contributed by atoms with Crippen LogP contribution in [0.4, 0.5) is 5.69 Å². The van der Waals surface area contributed by atoms with E-state index >= 15 is 0 Å². The van der Waals surface area contributed by atoms with Crippen molar-refractivity contribution >= 4 is 17.5 Å². The van der Waals surface area contributed by atoms with Crippen molar-refractivity contribution in [3.63, 3.8) is 0 Å². The average Bonchev–Trinajstić information content (AvgIpc) is 2.82. The molecule has 0 atom stereocenters. The molecule has 6 heteroatoms. The molecule has 1 saturated heterocycles. The minimum atomic E-state index is 0.0233. The van der Waals surface area contributed by atoms with Crippen molar-refractivity contribution in [1.29, 1.82) is 0 Å². The number of pyridine rings is 1. The third kappa shape index (κ3) is 5.43. The van der Waals surface area contributed by atoms with Gasteiger partial charge in [-0.15, -0.1) is 0 Å². The molecule has 2 heterocycles. The summed E-state index contributed by atoms with van der Waals surface area (Å²) >= 11 is 0.